The summed E-state index contributed by atoms with van der Waals surface area (Å²) >= 11 is 0. The number of sulfone groups is 1. The molecule has 0 spiro atoms. The third-order valence-electron chi connectivity index (χ3n) is 4.80. The minimum absolute atomic E-state index is 0.241. The van der Waals surface area contributed by atoms with Crippen molar-refractivity contribution in [1.29, 1.82) is 5.26 Å². The van der Waals surface area contributed by atoms with Gasteiger partial charge in [-0.15, -0.1) is 0 Å². The maximum absolute atomic E-state index is 13.0. The number of carbonyl (C=O) groups excluding carboxylic acids is 2. The van der Waals surface area contributed by atoms with Crippen LogP contribution in [0.15, 0.2) is 84.9 Å². The predicted octanol–water partition coefficient (Wildman–Crippen LogP) is 2.83. The van der Waals surface area contributed by atoms with E-state index >= 15 is 0 Å². The van der Waals surface area contributed by atoms with Crippen LogP contribution in [0.25, 0.3) is 0 Å². The number of carbonyl (C=O) groups is 2. The number of nitrogens with one attached hydrogen (secondary N) is 2. The van der Waals surface area contributed by atoms with E-state index in [1.807, 2.05) is 18.2 Å². The van der Waals surface area contributed by atoms with Gasteiger partial charge in [0.15, 0.2) is 15.1 Å². The van der Waals surface area contributed by atoms with E-state index in [0.717, 1.165) is 0 Å². The summed E-state index contributed by atoms with van der Waals surface area (Å²) in [4.78, 5) is 25.3. The van der Waals surface area contributed by atoms with Gasteiger partial charge >= 0.3 is 0 Å². The molecule has 0 aliphatic carbocycles. The van der Waals surface area contributed by atoms with Crippen LogP contribution in [0, 0.1) is 11.3 Å². The summed E-state index contributed by atoms with van der Waals surface area (Å²) in [6, 6.07) is 25.6. The molecule has 9 heteroatoms. The lowest BCUT2D eigenvalue weighted by molar-refractivity contribution is -0.120. The monoisotopic (exact) mass is 477 g/mol. The molecule has 3 aromatic carbocycles. The van der Waals surface area contributed by atoms with Gasteiger partial charge in [-0.2, -0.15) is 5.26 Å². The Balaban J connectivity index is 1.73. The van der Waals surface area contributed by atoms with Gasteiger partial charge in [-0.3, -0.25) is 9.59 Å². The molecule has 0 saturated carbocycles. The van der Waals surface area contributed by atoms with E-state index in [0.29, 0.717) is 17.1 Å². The quantitative estimate of drug-likeness (QED) is 0.433. The SMILES string of the molecule is N#CCNC(=O)C(CNC(=O)c1cccc(Oc2ccccc2)c1)S(=O)(=O)Cc1ccccc1. The van der Waals surface area contributed by atoms with Crippen LogP contribution >= 0.6 is 0 Å². The van der Waals surface area contributed by atoms with Gasteiger partial charge in [0, 0.05) is 12.1 Å². The highest BCUT2D eigenvalue weighted by molar-refractivity contribution is 7.92. The van der Waals surface area contributed by atoms with Gasteiger partial charge in [-0.25, -0.2) is 8.42 Å². The second kappa shape index (κ2) is 11.6. The fourth-order valence-electron chi connectivity index (χ4n) is 3.14. The van der Waals surface area contributed by atoms with Crippen molar-refractivity contribution in [2.24, 2.45) is 0 Å². The van der Waals surface area contributed by atoms with Crippen molar-refractivity contribution in [1.82, 2.24) is 10.6 Å². The van der Waals surface area contributed by atoms with E-state index in [1.54, 1.807) is 66.7 Å². The molecule has 1 atom stereocenters. The van der Waals surface area contributed by atoms with Gasteiger partial charge in [0.05, 0.1) is 11.8 Å². The number of hydrogen-bond donors (Lipinski definition) is 2. The first-order chi connectivity index (χ1) is 16.4. The normalized spacial score (nSPS) is 11.6. The van der Waals surface area contributed by atoms with Gasteiger partial charge in [0.25, 0.3) is 5.91 Å². The zero-order valence-electron chi connectivity index (χ0n) is 18.2. The average Bonchev–Trinajstić information content (AvgIpc) is 2.83. The minimum Gasteiger partial charge on any atom is -0.457 e. The van der Waals surface area contributed by atoms with Crippen LogP contribution in [-0.4, -0.2) is 38.6 Å². The van der Waals surface area contributed by atoms with Crippen molar-refractivity contribution in [3.8, 4) is 17.6 Å². The van der Waals surface area contributed by atoms with Crippen molar-refractivity contribution in [2.75, 3.05) is 13.1 Å². The van der Waals surface area contributed by atoms with Gasteiger partial charge in [-0.05, 0) is 35.9 Å². The van der Waals surface area contributed by atoms with E-state index in [9.17, 15) is 18.0 Å². The Morgan fingerprint density at radius 2 is 1.53 bits per heavy atom. The number of rotatable bonds is 10. The fourth-order valence-corrected chi connectivity index (χ4v) is 4.75. The van der Waals surface area contributed by atoms with Crippen LogP contribution in [-0.2, 0) is 20.4 Å². The molecule has 3 aromatic rings. The zero-order valence-corrected chi connectivity index (χ0v) is 19.0. The molecule has 1 unspecified atom stereocenters. The Bertz CT molecular complexity index is 1270. The molecule has 34 heavy (non-hydrogen) atoms. The Kier molecular flexibility index (Phi) is 8.37. The number of ether oxygens (including phenoxy) is 1. The molecule has 2 N–H and O–H groups in total. The van der Waals surface area contributed by atoms with E-state index in [4.69, 9.17) is 10.00 Å². The number of benzene rings is 3. The maximum Gasteiger partial charge on any atom is 0.251 e. The lowest BCUT2D eigenvalue weighted by Gasteiger charge is -2.18. The molecular weight excluding hydrogens is 454 g/mol. The van der Waals surface area contributed by atoms with Crippen LogP contribution in [0.2, 0.25) is 0 Å². The molecule has 0 fully saturated rings. The summed E-state index contributed by atoms with van der Waals surface area (Å²) in [5, 5.41) is 12.0. The summed E-state index contributed by atoms with van der Waals surface area (Å²) in [5.74, 6) is -0.764. The minimum atomic E-state index is -3.99. The maximum atomic E-state index is 13.0. The largest absolute Gasteiger partial charge is 0.457 e. The van der Waals surface area contributed by atoms with Gasteiger partial charge in [-0.1, -0.05) is 54.6 Å². The third kappa shape index (κ3) is 6.92. The number of nitrogens with zero attached hydrogens (tertiary/aromatic N) is 1. The van der Waals surface area contributed by atoms with Gasteiger partial charge in [0.2, 0.25) is 5.91 Å². The van der Waals surface area contributed by atoms with Crippen LogP contribution in [0.5, 0.6) is 11.5 Å². The van der Waals surface area contributed by atoms with Crippen molar-refractivity contribution in [3.05, 3.63) is 96.1 Å². The smallest absolute Gasteiger partial charge is 0.251 e. The summed E-state index contributed by atoms with van der Waals surface area (Å²) < 4.78 is 31.7. The first-order valence-electron chi connectivity index (χ1n) is 10.4. The summed E-state index contributed by atoms with van der Waals surface area (Å²) in [6.45, 7) is -0.794. The van der Waals surface area contributed by atoms with E-state index in [1.165, 1.54) is 6.07 Å². The zero-order chi connectivity index (χ0) is 24.4. The number of hydrogen-bond acceptors (Lipinski definition) is 6. The van der Waals surface area contributed by atoms with Gasteiger partial charge in [0.1, 0.15) is 18.0 Å². The highest BCUT2D eigenvalue weighted by atomic mass is 32.2. The van der Waals surface area contributed by atoms with Crippen molar-refractivity contribution in [3.63, 3.8) is 0 Å². The van der Waals surface area contributed by atoms with Crippen molar-refractivity contribution >= 4 is 21.7 Å². The molecule has 2 amide bonds. The van der Waals surface area contributed by atoms with Crippen LogP contribution in [0.4, 0.5) is 0 Å². The topological polar surface area (TPSA) is 125 Å². The van der Waals surface area contributed by atoms with Crippen LogP contribution in [0.3, 0.4) is 0 Å². The van der Waals surface area contributed by atoms with Crippen molar-refractivity contribution < 1.29 is 22.7 Å². The molecule has 0 bridgehead atoms. The first kappa shape index (κ1) is 24.5. The molecule has 174 valence electrons. The molecule has 0 heterocycles. The Morgan fingerprint density at radius 3 is 2.21 bits per heavy atom. The number of nitriles is 1. The standard InChI is InChI=1S/C25H23N3O5S/c26-14-15-27-25(30)23(34(31,32)18-19-8-3-1-4-9-19)17-28-24(29)20-10-7-13-22(16-20)33-21-11-5-2-6-12-21/h1-13,16,23H,15,17-18H2,(H,27,30)(H,28,29). The first-order valence-corrected chi connectivity index (χ1v) is 12.1. The number of amides is 2. The Hall–Kier alpha value is -4.16. The summed E-state index contributed by atoms with van der Waals surface area (Å²) in [7, 11) is -3.99. The predicted molar refractivity (Wildman–Crippen MR) is 127 cm³/mol. The van der Waals surface area contributed by atoms with E-state index in [2.05, 4.69) is 10.6 Å². The van der Waals surface area contributed by atoms with Crippen LogP contribution in [0.1, 0.15) is 15.9 Å². The highest BCUT2D eigenvalue weighted by Gasteiger charge is 2.33. The second-order valence-corrected chi connectivity index (χ2v) is 9.49. The fraction of sp³-hybridized carbons (Fsp3) is 0.160. The van der Waals surface area contributed by atoms with Gasteiger partial charge < -0.3 is 15.4 Å². The lowest BCUT2D eigenvalue weighted by atomic mass is 10.2. The lowest BCUT2D eigenvalue weighted by Crippen LogP contribution is -2.47. The van der Waals surface area contributed by atoms with E-state index in [-0.39, 0.29) is 17.9 Å². The third-order valence-corrected chi connectivity index (χ3v) is 6.78. The number of para-hydroxylation sites is 1. The molecule has 0 radical (unpaired) electrons. The van der Waals surface area contributed by atoms with Crippen LogP contribution < -0.4 is 15.4 Å². The second-order valence-electron chi connectivity index (χ2n) is 7.31. The van der Waals surface area contributed by atoms with Crippen molar-refractivity contribution in [2.45, 2.75) is 11.0 Å². The molecule has 8 nitrogen and oxygen atoms in total. The Morgan fingerprint density at radius 1 is 0.882 bits per heavy atom. The molecule has 0 saturated heterocycles. The molecule has 0 aromatic heterocycles. The van der Waals surface area contributed by atoms with E-state index < -0.39 is 33.4 Å². The molecule has 3 rings (SSSR count). The average molecular weight is 478 g/mol. The highest BCUT2D eigenvalue weighted by Crippen LogP contribution is 2.22. The Labute approximate surface area is 198 Å². The molecule has 0 aliphatic rings. The summed E-state index contributed by atoms with van der Waals surface area (Å²) in [5.41, 5.74) is 0.753. The molecular formula is C25H23N3O5S. The summed E-state index contributed by atoms with van der Waals surface area (Å²) in [6.07, 6.45) is 0. The molecule has 0 aliphatic heterocycles.